The second-order valence-corrected chi connectivity index (χ2v) is 3.75. The summed E-state index contributed by atoms with van der Waals surface area (Å²) < 4.78 is 13.9. The fourth-order valence-corrected chi connectivity index (χ4v) is 2.14. The zero-order valence-corrected chi connectivity index (χ0v) is 7.84. The first-order valence-electron chi connectivity index (χ1n) is 3.38. The van der Waals surface area contributed by atoms with Crippen molar-refractivity contribution < 1.29 is 4.39 Å². The van der Waals surface area contributed by atoms with E-state index in [1.54, 1.807) is 18.5 Å². The Kier molecular flexibility index (Phi) is 1.77. The predicted molar refractivity (Wildman–Crippen MR) is 49.3 cm³/mol. The van der Waals surface area contributed by atoms with Crippen molar-refractivity contribution in [2.24, 2.45) is 0 Å². The second kappa shape index (κ2) is 2.68. The highest BCUT2D eigenvalue weighted by molar-refractivity contribution is 7.17. The molecule has 0 spiro atoms. The third-order valence-electron chi connectivity index (χ3n) is 1.69. The minimum absolute atomic E-state index is 0.188. The van der Waals surface area contributed by atoms with E-state index in [1.165, 1.54) is 11.3 Å². The molecule has 0 N–H and O–H groups in total. The minimum atomic E-state index is -0.339. The van der Waals surface area contributed by atoms with Crippen LogP contribution in [0.15, 0.2) is 11.6 Å². The molecule has 1 aromatic heterocycles. The SMILES string of the molecule is Cc1cc2ncsc2c(Cl)c1F. The number of hydrogen-bond donors (Lipinski definition) is 0. The number of rotatable bonds is 0. The summed E-state index contributed by atoms with van der Waals surface area (Å²) in [4.78, 5) is 4.05. The lowest BCUT2D eigenvalue weighted by Gasteiger charge is -1.98. The van der Waals surface area contributed by atoms with Gasteiger partial charge < -0.3 is 0 Å². The average Bonchev–Trinajstić information content (AvgIpc) is 2.48. The van der Waals surface area contributed by atoms with Gasteiger partial charge in [-0.3, -0.25) is 0 Å². The molecule has 0 amide bonds. The molecular weight excluding hydrogens is 197 g/mol. The smallest absolute Gasteiger partial charge is 0.146 e. The Bertz CT molecular complexity index is 438. The third kappa shape index (κ3) is 1.01. The van der Waals surface area contributed by atoms with E-state index in [4.69, 9.17) is 11.6 Å². The largest absolute Gasteiger partial charge is 0.245 e. The maximum Gasteiger partial charge on any atom is 0.146 e. The highest BCUT2D eigenvalue weighted by Crippen LogP contribution is 2.30. The standard InChI is InChI=1S/C8H5ClFNS/c1-4-2-5-8(12-3-11-5)6(9)7(4)10/h2-3H,1H3. The van der Waals surface area contributed by atoms with E-state index in [1.807, 2.05) is 0 Å². The Balaban J connectivity index is 2.94. The van der Waals surface area contributed by atoms with Crippen LogP contribution in [-0.4, -0.2) is 4.98 Å². The van der Waals surface area contributed by atoms with Gasteiger partial charge in [-0.1, -0.05) is 11.6 Å². The molecule has 4 heteroatoms. The van der Waals surface area contributed by atoms with Crippen LogP contribution in [0.25, 0.3) is 10.2 Å². The molecule has 0 fully saturated rings. The zero-order chi connectivity index (χ0) is 8.72. The molecule has 2 rings (SSSR count). The van der Waals surface area contributed by atoms with Gasteiger partial charge >= 0.3 is 0 Å². The molecule has 1 heterocycles. The fraction of sp³-hybridized carbons (Fsp3) is 0.125. The van der Waals surface area contributed by atoms with Gasteiger partial charge in [0.05, 0.1) is 20.7 Å². The van der Waals surface area contributed by atoms with E-state index in [0.29, 0.717) is 5.56 Å². The van der Waals surface area contributed by atoms with Crippen molar-refractivity contribution in [2.45, 2.75) is 6.92 Å². The maximum atomic E-state index is 13.2. The lowest BCUT2D eigenvalue weighted by Crippen LogP contribution is -1.83. The molecule has 12 heavy (non-hydrogen) atoms. The van der Waals surface area contributed by atoms with Crippen molar-refractivity contribution in [2.75, 3.05) is 0 Å². The molecule has 0 saturated carbocycles. The zero-order valence-electron chi connectivity index (χ0n) is 6.27. The summed E-state index contributed by atoms with van der Waals surface area (Å²) in [5, 5.41) is 0.188. The van der Waals surface area contributed by atoms with Gasteiger partial charge in [0.15, 0.2) is 0 Å². The van der Waals surface area contributed by atoms with Crippen molar-refractivity contribution in [3.8, 4) is 0 Å². The van der Waals surface area contributed by atoms with Crippen molar-refractivity contribution in [3.05, 3.63) is 28.0 Å². The van der Waals surface area contributed by atoms with Crippen molar-refractivity contribution in [1.29, 1.82) is 0 Å². The summed E-state index contributed by atoms with van der Waals surface area (Å²) >= 11 is 7.12. The van der Waals surface area contributed by atoms with Gasteiger partial charge in [-0.05, 0) is 18.6 Å². The summed E-state index contributed by atoms with van der Waals surface area (Å²) in [6.07, 6.45) is 0. The van der Waals surface area contributed by atoms with Crippen LogP contribution < -0.4 is 0 Å². The summed E-state index contributed by atoms with van der Waals surface area (Å²) in [5.41, 5.74) is 2.97. The topological polar surface area (TPSA) is 12.9 Å². The lowest BCUT2D eigenvalue weighted by molar-refractivity contribution is 0.621. The van der Waals surface area contributed by atoms with Gasteiger partial charge in [0, 0.05) is 0 Å². The third-order valence-corrected chi connectivity index (χ3v) is 3.01. The Morgan fingerprint density at radius 3 is 3.08 bits per heavy atom. The van der Waals surface area contributed by atoms with E-state index in [9.17, 15) is 4.39 Å². The number of aromatic nitrogens is 1. The molecule has 0 atom stereocenters. The summed E-state index contributed by atoms with van der Waals surface area (Å²) in [5.74, 6) is -0.339. The van der Waals surface area contributed by atoms with Crippen LogP contribution in [0, 0.1) is 12.7 Å². The Labute approximate surface area is 77.8 Å². The molecule has 62 valence electrons. The second-order valence-electron chi connectivity index (χ2n) is 2.52. The Morgan fingerprint density at radius 2 is 2.33 bits per heavy atom. The summed E-state index contributed by atoms with van der Waals surface area (Å²) in [7, 11) is 0. The van der Waals surface area contributed by atoms with Crippen LogP contribution in [0.3, 0.4) is 0 Å². The normalized spacial score (nSPS) is 10.9. The molecule has 0 aliphatic rings. The van der Waals surface area contributed by atoms with Gasteiger partial charge in [0.2, 0.25) is 0 Å². The predicted octanol–water partition coefficient (Wildman–Crippen LogP) is 3.40. The number of fused-ring (bicyclic) bond motifs is 1. The van der Waals surface area contributed by atoms with Gasteiger partial charge in [-0.15, -0.1) is 11.3 Å². The van der Waals surface area contributed by atoms with Crippen LogP contribution in [-0.2, 0) is 0 Å². The monoisotopic (exact) mass is 201 g/mol. The van der Waals surface area contributed by atoms with E-state index in [2.05, 4.69) is 4.98 Å². The fourth-order valence-electron chi connectivity index (χ4n) is 1.06. The lowest BCUT2D eigenvalue weighted by atomic mass is 10.2. The summed E-state index contributed by atoms with van der Waals surface area (Å²) in [6, 6.07) is 1.70. The van der Waals surface area contributed by atoms with E-state index in [0.717, 1.165) is 10.2 Å². The molecule has 0 saturated heterocycles. The number of hydrogen-bond acceptors (Lipinski definition) is 2. The maximum absolute atomic E-state index is 13.2. The molecule has 1 nitrogen and oxygen atoms in total. The number of nitrogens with zero attached hydrogens (tertiary/aromatic N) is 1. The van der Waals surface area contributed by atoms with Crippen molar-refractivity contribution >= 4 is 33.2 Å². The Hall–Kier alpha value is -0.670. The molecule has 0 aliphatic carbocycles. The highest BCUT2D eigenvalue weighted by Gasteiger charge is 2.10. The quantitative estimate of drug-likeness (QED) is 0.637. The van der Waals surface area contributed by atoms with E-state index < -0.39 is 0 Å². The number of aryl methyl sites for hydroxylation is 1. The summed E-state index contributed by atoms with van der Waals surface area (Å²) in [6.45, 7) is 1.68. The molecule has 0 radical (unpaired) electrons. The molecule has 0 unspecified atom stereocenters. The molecule has 0 aliphatic heterocycles. The van der Waals surface area contributed by atoms with Gasteiger partial charge in [0.25, 0.3) is 0 Å². The van der Waals surface area contributed by atoms with Crippen LogP contribution in [0.2, 0.25) is 5.02 Å². The molecule has 0 bridgehead atoms. The minimum Gasteiger partial charge on any atom is -0.245 e. The molecular formula is C8H5ClFNS. The molecule has 2 aromatic rings. The Morgan fingerprint density at radius 1 is 1.58 bits per heavy atom. The first kappa shape index (κ1) is 7.95. The van der Waals surface area contributed by atoms with Crippen molar-refractivity contribution in [1.82, 2.24) is 4.98 Å². The van der Waals surface area contributed by atoms with Gasteiger partial charge in [0.1, 0.15) is 5.82 Å². The van der Waals surface area contributed by atoms with E-state index >= 15 is 0 Å². The van der Waals surface area contributed by atoms with Crippen molar-refractivity contribution in [3.63, 3.8) is 0 Å². The first-order valence-corrected chi connectivity index (χ1v) is 4.63. The van der Waals surface area contributed by atoms with Crippen LogP contribution in [0.5, 0.6) is 0 Å². The number of halogens is 2. The van der Waals surface area contributed by atoms with Gasteiger partial charge in [-0.2, -0.15) is 0 Å². The number of thiazole rings is 1. The van der Waals surface area contributed by atoms with Crippen LogP contribution in [0.4, 0.5) is 4.39 Å². The first-order chi connectivity index (χ1) is 5.70. The van der Waals surface area contributed by atoms with Gasteiger partial charge in [-0.25, -0.2) is 9.37 Å². The molecule has 1 aromatic carbocycles. The highest BCUT2D eigenvalue weighted by atomic mass is 35.5. The number of benzene rings is 1. The van der Waals surface area contributed by atoms with Crippen LogP contribution >= 0.6 is 22.9 Å². The van der Waals surface area contributed by atoms with E-state index in [-0.39, 0.29) is 10.8 Å². The van der Waals surface area contributed by atoms with Crippen LogP contribution in [0.1, 0.15) is 5.56 Å². The average molecular weight is 202 g/mol.